The SMILES string of the molecule is CCCCC(Oc1cccc(N2CCCCC2=O)c1)c1cccs1. The average molecular weight is 343 g/mol. The molecule has 1 aromatic heterocycles. The molecule has 1 saturated heterocycles. The molecule has 4 heteroatoms. The van der Waals surface area contributed by atoms with Crippen molar-refractivity contribution in [1.29, 1.82) is 0 Å². The Morgan fingerprint density at radius 1 is 1.25 bits per heavy atom. The van der Waals surface area contributed by atoms with Crippen LogP contribution in [0.2, 0.25) is 0 Å². The van der Waals surface area contributed by atoms with Crippen LogP contribution < -0.4 is 9.64 Å². The number of hydrogen-bond acceptors (Lipinski definition) is 3. The number of benzene rings is 1. The summed E-state index contributed by atoms with van der Waals surface area (Å²) in [4.78, 5) is 15.3. The number of unbranched alkanes of at least 4 members (excludes halogenated alkanes) is 1. The summed E-state index contributed by atoms with van der Waals surface area (Å²) in [5.41, 5.74) is 0.956. The molecule has 1 amide bonds. The number of thiophene rings is 1. The second-order valence-electron chi connectivity index (χ2n) is 6.26. The van der Waals surface area contributed by atoms with E-state index in [1.807, 2.05) is 29.2 Å². The fourth-order valence-electron chi connectivity index (χ4n) is 3.09. The van der Waals surface area contributed by atoms with Crippen LogP contribution in [-0.4, -0.2) is 12.5 Å². The Balaban J connectivity index is 1.75. The monoisotopic (exact) mass is 343 g/mol. The highest BCUT2D eigenvalue weighted by atomic mass is 32.1. The summed E-state index contributed by atoms with van der Waals surface area (Å²) >= 11 is 1.74. The Hall–Kier alpha value is -1.81. The van der Waals surface area contributed by atoms with E-state index in [0.29, 0.717) is 6.42 Å². The maximum Gasteiger partial charge on any atom is 0.226 e. The summed E-state index contributed by atoms with van der Waals surface area (Å²) in [5, 5.41) is 2.10. The first-order valence-corrected chi connectivity index (χ1v) is 9.76. The summed E-state index contributed by atoms with van der Waals surface area (Å²) in [7, 11) is 0. The summed E-state index contributed by atoms with van der Waals surface area (Å²) in [6.07, 6.45) is 6.15. The Morgan fingerprint density at radius 3 is 2.92 bits per heavy atom. The lowest BCUT2D eigenvalue weighted by Gasteiger charge is -2.27. The predicted octanol–water partition coefficient (Wildman–Crippen LogP) is 5.58. The molecule has 0 bridgehead atoms. The topological polar surface area (TPSA) is 29.5 Å². The van der Waals surface area contributed by atoms with Gasteiger partial charge in [0.25, 0.3) is 0 Å². The Kier molecular flexibility index (Phi) is 5.91. The lowest BCUT2D eigenvalue weighted by atomic mass is 10.1. The van der Waals surface area contributed by atoms with Gasteiger partial charge in [-0.3, -0.25) is 4.79 Å². The zero-order valence-electron chi connectivity index (χ0n) is 14.2. The number of carbonyl (C=O) groups excluding carboxylic acids is 1. The van der Waals surface area contributed by atoms with Gasteiger partial charge in [-0.05, 0) is 49.3 Å². The van der Waals surface area contributed by atoms with Crippen molar-refractivity contribution in [3.05, 3.63) is 46.7 Å². The maximum absolute atomic E-state index is 12.1. The van der Waals surface area contributed by atoms with Gasteiger partial charge in [-0.25, -0.2) is 0 Å². The van der Waals surface area contributed by atoms with Crippen molar-refractivity contribution < 1.29 is 9.53 Å². The number of ether oxygens (including phenoxy) is 1. The number of amides is 1. The Morgan fingerprint density at radius 2 is 2.17 bits per heavy atom. The molecule has 3 rings (SSSR count). The third-order valence-corrected chi connectivity index (χ3v) is 5.38. The molecule has 24 heavy (non-hydrogen) atoms. The number of rotatable bonds is 7. The van der Waals surface area contributed by atoms with Crippen molar-refractivity contribution in [2.45, 2.75) is 51.6 Å². The van der Waals surface area contributed by atoms with Crippen LogP contribution in [0.1, 0.15) is 56.4 Å². The molecule has 1 fully saturated rings. The van der Waals surface area contributed by atoms with Crippen LogP contribution in [0.4, 0.5) is 5.69 Å². The van der Waals surface area contributed by atoms with Crippen LogP contribution in [-0.2, 0) is 4.79 Å². The molecule has 0 N–H and O–H groups in total. The first-order chi connectivity index (χ1) is 11.8. The van der Waals surface area contributed by atoms with Gasteiger partial charge in [-0.15, -0.1) is 11.3 Å². The molecule has 1 aromatic carbocycles. The first-order valence-electron chi connectivity index (χ1n) is 8.88. The van der Waals surface area contributed by atoms with E-state index in [1.54, 1.807) is 11.3 Å². The number of piperidine rings is 1. The Labute approximate surface area is 148 Å². The summed E-state index contributed by atoms with van der Waals surface area (Å²) in [5.74, 6) is 1.07. The lowest BCUT2D eigenvalue weighted by molar-refractivity contribution is -0.119. The second-order valence-corrected chi connectivity index (χ2v) is 7.24. The summed E-state index contributed by atoms with van der Waals surface area (Å²) in [6.45, 7) is 3.01. The molecule has 2 aromatic rings. The molecule has 128 valence electrons. The van der Waals surface area contributed by atoms with Crippen LogP contribution in [0.25, 0.3) is 0 Å². The molecular weight excluding hydrogens is 318 g/mol. The minimum atomic E-state index is 0.0947. The van der Waals surface area contributed by atoms with Crippen molar-refractivity contribution in [2.75, 3.05) is 11.4 Å². The highest BCUT2D eigenvalue weighted by Gasteiger charge is 2.20. The van der Waals surface area contributed by atoms with Crippen LogP contribution in [0.15, 0.2) is 41.8 Å². The molecule has 2 heterocycles. The van der Waals surface area contributed by atoms with Crippen LogP contribution in [0.5, 0.6) is 5.75 Å². The zero-order valence-corrected chi connectivity index (χ0v) is 15.1. The predicted molar refractivity (Wildman–Crippen MR) is 99.9 cm³/mol. The number of hydrogen-bond donors (Lipinski definition) is 0. The van der Waals surface area contributed by atoms with E-state index in [1.165, 1.54) is 4.88 Å². The van der Waals surface area contributed by atoms with E-state index in [9.17, 15) is 4.79 Å². The quantitative estimate of drug-likeness (QED) is 0.657. The van der Waals surface area contributed by atoms with Crippen LogP contribution in [0, 0.1) is 0 Å². The summed E-state index contributed by atoms with van der Waals surface area (Å²) in [6, 6.07) is 12.2. The van der Waals surface area contributed by atoms with Gasteiger partial charge >= 0.3 is 0 Å². The molecular formula is C20H25NO2S. The van der Waals surface area contributed by atoms with E-state index in [0.717, 1.165) is 50.1 Å². The second kappa shape index (κ2) is 8.34. The molecule has 1 unspecified atom stereocenters. The third kappa shape index (κ3) is 4.18. The van der Waals surface area contributed by atoms with Crippen molar-refractivity contribution in [3.8, 4) is 5.75 Å². The van der Waals surface area contributed by atoms with E-state index in [-0.39, 0.29) is 12.0 Å². The number of anilines is 1. The smallest absolute Gasteiger partial charge is 0.226 e. The zero-order chi connectivity index (χ0) is 16.8. The molecule has 1 aliphatic rings. The van der Waals surface area contributed by atoms with E-state index >= 15 is 0 Å². The maximum atomic E-state index is 12.1. The van der Waals surface area contributed by atoms with Gasteiger partial charge < -0.3 is 9.64 Å². The molecule has 3 nitrogen and oxygen atoms in total. The van der Waals surface area contributed by atoms with Gasteiger partial charge in [0.2, 0.25) is 5.91 Å². The fourth-order valence-corrected chi connectivity index (χ4v) is 3.88. The highest BCUT2D eigenvalue weighted by Crippen LogP contribution is 2.32. The molecule has 0 saturated carbocycles. The molecule has 0 aliphatic carbocycles. The standard InChI is InChI=1S/C20H25NO2S/c1-2-3-10-18(19-11-7-14-24-19)23-17-9-6-8-16(15-17)21-13-5-4-12-20(21)22/h6-9,11,14-15,18H,2-5,10,12-13H2,1H3. The lowest BCUT2D eigenvalue weighted by Crippen LogP contribution is -2.35. The van der Waals surface area contributed by atoms with Gasteiger partial charge in [0, 0.05) is 29.6 Å². The number of nitrogens with zero attached hydrogens (tertiary/aromatic N) is 1. The van der Waals surface area contributed by atoms with Gasteiger partial charge in [-0.1, -0.05) is 25.5 Å². The van der Waals surface area contributed by atoms with Crippen molar-refractivity contribution in [2.24, 2.45) is 0 Å². The average Bonchev–Trinajstić information content (AvgIpc) is 3.14. The normalized spacial score (nSPS) is 16.2. The minimum Gasteiger partial charge on any atom is -0.485 e. The van der Waals surface area contributed by atoms with Crippen molar-refractivity contribution >= 4 is 22.9 Å². The van der Waals surface area contributed by atoms with Gasteiger partial charge in [-0.2, -0.15) is 0 Å². The summed E-state index contributed by atoms with van der Waals surface area (Å²) < 4.78 is 6.30. The van der Waals surface area contributed by atoms with Gasteiger partial charge in [0.05, 0.1) is 0 Å². The van der Waals surface area contributed by atoms with Gasteiger partial charge in [0.15, 0.2) is 0 Å². The van der Waals surface area contributed by atoms with E-state index in [4.69, 9.17) is 4.74 Å². The largest absolute Gasteiger partial charge is 0.485 e. The first kappa shape index (κ1) is 17.0. The van der Waals surface area contributed by atoms with E-state index < -0.39 is 0 Å². The van der Waals surface area contributed by atoms with Crippen molar-refractivity contribution in [3.63, 3.8) is 0 Å². The van der Waals surface area contributed by atoms with Gasteiger partial charge in [0.1, 0.15) is 11.9 Å². The molecule has 1 atom stereocenters. The van der Waals surface area contributed by atoms with Crippen LogP contribution >= 0.6 is 11.3 Å². The minimum absolute atomic E-state index is 0.0947. The molecule has 1 aliphatic heterocycles. The molecule has 0 radical (unpaired) electrons. The fraction of sp³-hybridized carbons (Fsp3) is 0.450. The number of carbonyl (C=O) groups is 1. The Bertz CT molecular complexity index is 653. The van der Waals surface area contributed by atoms with Crippen LogP contribution in [0.3, 0.4) is 0 Å². The molecule has 0 spiro atoms. The van der Waals surface area contributed by atoms with E-state index in [2.05, 4.69) is 24.4 Å². The highest BCUT2D eigenvalue weighted by molar-refractivity contribution is 7.10. The van der Waals surface area contributed by atoms with Crippen molar-refractivity contribution in [1.82, 2.24) is 0 Å². The third-order valence-electron chi connectivity index (χ3n) is 4.41.